The predicted molar refractivity (Wildman–Crippen MR) is 90.0 cm³/mol. The first-order valence-electron chi connectivity index (χ1n) is 8.65. The highest BCUT2D eigenvalue weighted by atomic mass is 16.6. The van der Waals surface area contributed by atoms with Gasteiger partial charge in [0.2, 0.25) is 0 Å². The van der Waals surface area contributed by atoms with E-state index >= 15 is 0 Å². The molecule has 0 aliphatic carbocycles. The third kappa shape index (κ3) is 21.8. The molecule has 140 valence electrons. The summed E-state index contributed by atoms with van der Waals surface area (Å²) >= 11 is 0. The van der Waals surface area contributed by atoms with E-state index in [1.165, 1.54) is 6.42 Å². The summed E-state index contributed by atoms with van der Waals surface area (Å²) < 4.78 is 31.8. The van der Waals surface area contributed by atoms with Gasteiger partial charge in [0, 0.05) is 13.7 Å². The molecule has 0 aliphatic rings. The fourth-order valence-electron chi connectivity index (χ4n) is 1.72. The summed E-state index contributed by atoms with van der Waals surface area (Å²) in [7, 11) is 1.65. The standard InChI is InChI=1S/C17H36O6/c1-17(2)5-4-6-19-9-10-21-13-14-23-16-15-22-12-11-20-8-7-18-3/h17H,4-16H2,1-3H3. The molecule has 0 saturated carbocycles. The molecule has 0 rings (SSSR count). The molecule has 0 unspecified atom stereocenters. The van der Waals surface area contributed by atoms with E-state index in [9.17, 15) is 0 Å². The molecule has 6 heteroatoms. The van der Waals surface area contributed by atoms with Crippen molar-refractivity contribution < 1.29 is 28.4 Å². The second kappa shape index (κ2) is 19.8. The second-order valence-corrected chi connectivity index (χ2v) is 5.59. The normalized spacial score (nSPS) is 11.5. The van der Waals surface area contributed by atoms with Crippen LogP contribution in [0.25, 0.3) is 0 Å². The molecular weight excluding hydrogens is 300 g/mol. The van der Waals surface area contributed by atoms with E-state index in [0.29, 0.717) is 66.1 Å². The summed E-state index contributed by atoms with van der Waals surface area (Å²) in [6, 6.07) is 0. The van der Waals surface area contributed by atoms with Gasteiger partial charge in [-0.15, -0.1) is 0 Å². The van der Waals surface area contributed by atoms with Gasteiger partial charge in [0.15, 0.2) is 0 Å². The molecule has 0 saturated heterocycles. The zero-order valence-electron chi connectivity index (χ0n) is 15.2. The van der Waals surface area contributed by atoms with Crippen molar-refractivity contribution in [3.63, 3.8) is 0 Å². The van der Waals surface area contributed by atoms with Crippen LogP contribution in [-0.4, -0.2) is 79.8 Å². The summed E-state index contributed by atoms with van der Waals surface area (Å²) in [6.07, 6.45) is 2.34. The van der Waals surface area contributed by atoms with Crippen LogP contribution in [0.15, 0.2) is 0 Å². The van der Waals surface area contributed by atoms with Crippen LogP contribution in [0.3, 0.4) is 0 Å². The fraction of sp³-hybridized carbons (Fsp3) is 1.00. The highest BCUT2D eigenvalue weighted by Crippen LogP contribution is 2.02. The van der Waals surface area contributed by atoms with Crippen LogP contribution >= 0.6 is 0 Å². The maximum absolute atomic E-state index is 5.49. The Morgan fingerprint density at radius 3 is 1.22 bits per heavy atom. The minimum absolute atomic E-state index is 0.576. The Balaban J connectivity index is 2.95. The summed E-state index contributed by atoms with van der Waals surface area (Å²) in [5, 5.41) is 0. The van der Waals surface area contributed by atoms with E-state index in [0.717, 1.165) is 18.9 Å². The van der Waals surface area contributed by atoms with Crippen molar-refractivity contribution in [2.45, 2.75) is 26.7 Å². The Bertz CT molecular complexity index is 213. The smallest absolute Gasteiger partial charge is 0.0701 e. The minimum Gasteiger partial charge on any atom is -0.382 e. The Labute approximate surface area is 141 Å². The van der Waals surface area contributed by atoms with Gasteiger partial charge in [0.25, 0.3) is 0 Å². The first-order chi connectivity index (χ1) is 11.3. The molecule has 23 heavy (non-hydrogen) atoms. The minimum atomic E-state index is 0.576. The van der Waals surface area contributed by atoms with Crippen molar-refractivity contribution in [3.8, 4) is 0 Å². The zero-order chi connectivity index (χ0) is 17.0. The zero-order valence-corrected chi connectivity index (χ0v) is 15.2. The lowest BCUT2D eigenvalue weighted by atomic mass is 10.1. The quantitative estimate of drug-likeness (QED) is 0.337. The van der Waals surface area contributed by atoms with Crippen LogP contribution in [0.1, 0.15) is 26.7 Å². The van der Waals surface area contributed by atoms with Gasteiger partial charge in [-0.3, -0.25) is 0 Å². The van der Waals surface area contributed by atoms with E-state index in [1.807, 2.05) is 0 Å². The average Bonchev–Trinajstić information content (AvgIpc) is 2.53. The first-order valence-corrected chi connectivity index (χ1v) is 8.65. The maximum Gasteiger partial charge on any atom is 0.0701 e. The number of ether oxygens (including phenoxy) is 6. The Kier molecular flexibility index (Phi) is 19.6. The lowest BCUT2D eigenvalue weighted by Gasteiger charge is -2.08. The molecule has 0 spiro atoms. The topological polar surface area (TPSA) is 55.4 Å². The molecule has 0 atom stereocenters. The van der Waals surface area contributed by atoms with Crippen LogP contribution in [0, 0.1) is 5.92 Å². The maximum atomic E-state index is 5.49. The van der Waals surface area contributed by atoms with Gasteiger partial charge in [0.1, 0.15) is 0 Å². The lowest BCUT2D eigenvalue weighted by Crippen LogP contribution is -2.14. The first kappa shape index (κ1) is 22.8. The monoisotopic (exact) mass is 336 g/mol. The molecule has 0 fully saturated rings. The molecular formula is C17H36O6. The molecule has 0 aliphatic heterocycles. The second-order valence-electron chi connectivity index (χ2n) is 5.59. The summed E-state index contributed by atoms with van der Waals surface area (Å²) in [4.78, 5) is 0. The van der Waals surface area contributed by atoms with Crippen molar-refractivity contribution in [2.75, 3.05) is 79.8 Å². The third-order valence-corrected chi connectivity index (χ3v) is 2.99. The molecule has 0 amide bonds. The molecule has 0 aromatic rings. The third-order valence-electron chi connectivity index (χ3n) is 2.99. The van der Waals surface area contributed by atoms with Gasteiger partial charge in [-0.2, -0.15) is 0 Å². The van der Waals surface area contributed by atoms with Gasteiger partial charge in [-0.05, 0) is 18.8 Å². The molecule has 0 N–H and O–H groups in total. The van der Waals surface area contributed by atoms with E-state index in [4.69, 9.17) is 28.4 Å². The van der Waals surface area contributed by atoms with E-state index in [1.54, 1.807) is 7.11 Å². The number of hydrogen-bond acceptors (Lipinski definition) is 6. The van der Waals surface area contributed by atoms with Crippen LogP contribution < -0.4 is 0 Å². The largest absolute Gasteiger partial charge is 0.382 e. The fourth-order valence-corrected chi connectivity index (χ4v) is 1.72. The van der Waals surface area contributed by atoms with E-state index in [2.05, 4.69) is 13.8 Å². The number of methoxy groups -OCH3 is 1. The highest BCUT2D eigenvalue weighted by molar-refractivity contribution is 4.44. The summed E-state index contributed by atoms with van der Waals surface area (Å²) in [5.74, 6) is 0.749. The Morgan fingerprint density at radius 1 is 0.522 bits per heavy atom. The van der Waals surface area contributed by atoms with Crippen LogP contribution in [-0.2, 0) is 28.4 Å². The molecule has 0 bridgehead atoms. The number of rotatable bonds is 19. The van der Waals surface area contributed by atoms with Gasteiger partial charge < -0.3 is 28.4 Å². The van der Waals surface area contributed by atoms with Crippen molar-refractivity contribution in [2.24, 2.45) is 5.92 Å². The van der Waals surface area contributed by atoms with Crippen molar-refractivity contribution in [1.29, 1.82) is 0 Å². The average molecular weight is 336 g/mol. The van der Waals surface area contributed by atoms with Crippen LogP contribution in [0.2, 0.25) is 0 Å². The van der Waals surface area contributed by atoms with Crippen molar-refractivity contribution >= 4 is 0 Å². The molecule has 0 aromatic heterocycles. The molecule has 0 radical (unpaired) electrons. The van der Waals surface area contributed by atoms with Gasteiger partial charge in [-0.1, -0.05) is 13.8 Å². The van der Waals surface area contributed by atoms with E-state index in [-0.39, 0.29) is 0 Å². The molecule has 0 heterocycles. The van der Waals surface area contributed by atoms with E-state index < -0.39 is 0 Å². The Morgan fingerprint density at radius 2 is 0.870 bits per heavy atom. The highest BCUT2D eigenvalue weighted by Gasteiger charge is 1.95. The number of hydrogen-bond donors (Lipinski definition) is 0. The van der Waals surface area contributed by atoms with Gasteiger partial charge in [-0.25, -0.2) is 0 Å². The van der Waals surface area contributed by atoms with Gasteiger partial charge in [0.05, 0.1) is 66.1 Å². The molecule has 0 aromatic carbocycles. The van der Waals surface area contributed by atoms with Crippen LogP contribution in [0.5, 0.6) is 0 Å². The lowest BCUT2D eigenvalue weighted by molar-refractivity contribution is -0.0148. The summed E-state index contributed by atoms with van der Waals surface area (Å²) in [6.45, 7) is 11.3. The van der Waals surface area contributed by atoms with Crippen LogP contribution in [0.4, 0.5) is 0 Å². The van der Waals surface area contributed by atoms with Gasteiger partial charge >= 0.3 is 0 Å². The molecule has 6 nitrogen and oxygen atoms in total. The van der Waals surface area contributed by atoms with Crippen molar-refractivity contribution in [3.05, 3.63) is 0 Å². The van der Waals surface area contributed by atoms with Crippen molar-refractivity contribution in [1.82, 2.24) is 0 Å². The SMILES string of the molecule is COCCOCCOCCOCCOCCOCCCC(C)C. The Hall–Kier alpha value is -0.240. The predicted octanol–water partition coefficient (Wildman–Crippen LogP) is 2.15. The summed E-state index contributed by atoms with van der Waals surface area (Å²) in [5.41, 5.74) is 0.